The lowest BCUT2D eigenvalue weighted by Gasteiger charge is -2.01. The first-order valence-corrected chi connectivity index (χ1v) is 3.95. The fourth-order valence-electron chi connectivity index (χ4n) is 0.790. The molecule has 0 aliphatic carbocycles. The highest BCUT2D eigenvalue weighted by atomic mass is 35.5. The van der Waals surface area contributed by atoms with E-state index in [1.165, 1.54) is 6.33 Å². The van der Waals surface area contributed by atoms with Crippen LogP contribution in [0.15, 0.2) is 17.9 Å². The lowest BCUT2D eigenvalue weighted by molar-refractivity contribution is 0.640. The molecule has 0 bridgehead atoms. The Morgan fingerprint density at radius 1 is 1.83 bits per heavy atom. The maximum atomic E-state index is 5.56. The van der Waals surface area contributed by atoms with E-state index in [1.54, 1.807) is 4.68 Å². The average molecular weight is 187 g/mol. The first-order valence-electron chi connectivity index (χ1n) is 3.57. The van der Waals surface area contributed by atoms with Crippen molar-refractivity contribution in [1.82, 2.24) is 20.1 Å². The van der Waals surface area contributed by atoms with Gasteiger partial charge in [0.1, 0.15) is 12.2 Å². The second kappa shape index (κ2) is 4.23. The molecule has 12 heavy (non-hydrogen) atoms. The summed E-state index contributed by atoms with van der Waals surface area (Å²) in [6, 6.07) is 0. The van der Waals surface area contributed by atoms with Gasteiger partial charge in [-0.3, -0.25) is 4.68 Å². The van der Waals surface area contributed by atoms with Crippen LogP contribution in [0.25, 0.3) is 0 Å². The van der Waals surface area contributed by atoms with Crippen LogP contribution in [-0.2, 0) is 13.6 Å². The zero-order valence-electron chi connectivity index (χ0n) is 6.92. The zero-order chi connectivity index (χ0) is 8.97. The third-order valence-corrected chi connectivity index (χ3v) is 1.54. The summed E-state index contributed by atoms with van der Waals surface area (Å²) < 4.78 is 1.71. The quantitative estimate of drug-likeness (QED) is 0.751. The number of rotatable bonds is 4. The summed E-state index contributed by atoms with van der Waals surface area (Å²) in [7, 11) is 1.85. The van der Waals surface area contributed by atoms with Crippen LogP contribution in [-0.4, -0.2) is 21.3 Å². The second-order valence-electron chi connectivity index (χ2n) is 2.42. The molecule has 0 saturated carbocycles. The van der Waals surface area contributed by atoms with Gasteiger partial charge in [-0.1, -0.05) is 18.2 Å². The summed E-state index contributed by atoms with van der Waals surface area (Å²) in [5, 5.41) is 7.59. The molecule has 0 atom stereocenters. The number of hydrogen-bond acceptors (Lipinski definition) is 3. The first-order chi connectivity index (χ1) is 5.70. The third-order valence-electron chi connectivity index (χ3n) is 1.41. The monoisotopic (exact) mass is 186 g/mol. The third kappa shape index (κ3) is 2.64. The predicted molar refractivity (Wildman–Crippen MR) is 47.7 cm³/mol. The van der Waals surface area contributed by atoms with Crippen LogP contribution < -0.4 is 5.32 Å². The average Bonchev–Trinajstić information content (AvgIpc) is 2.36. The number of halogens is 1. The smallest absolute Gasteiger partial charge is 0.140 e. The minimum Gasteiger partial charge on any atom is -0.305 e. The van der Waals surface area contributed by atoms with Gasteiger partial charge in [-0.25, -0.2) is 4.98 Å². The summed E-state index contributed by atoms with van der Waals surface area (Å²) in [5.74, 6) is 0.882. The van der Waals surface area contributed by atoms with Crippen LogP contribution in [0, 0.1) is 0 Å². The SMILES string of the molecule is C=C(Cl)CNCc1ncnn1C. The summed E-state index contributed by atoms with van der Waals surface area (Å²) in [4.78, 5) is 4.03. The minimum absolute atomic E-state index is 0.592. The van der Waals surface area contributed by atoms with Crippen molar-refractivity contribution in [3.05, 3.63) is 23.8 Å². The van der Waals surface area contributed by atoms with E-state index >= 15 is 0 Å². The standard InChI is InChI=1S/C7H11ClN4/c1-6(8)3-9-4-7-10-5-11-12(7)2/h5,9H,1,3-4H2,2H3. The molecule has 0 aliphatic rings. The first kappa shape index (κ1) is 9.22. The van der Waals surface area contributed by atoms with Crippen molar-refractivity contribution in [3.8, 4) is 0 Å². The summed E-state index contributed by atoms with van der Waals surface area (Å²) in [6.45, 7) is 4.80. The van der Waals surface area contributed by atoms with Crippen LogP contribution in [0.2, 0.25) is 0 Å². The highest BCUT2D eigenvalue weighted by Crippen LogP contribution is 1.94. The van der Waals surface area contributed by atoms with Gasteiger partial charge in [-0.05, 0) is 0 Å². The topological polar surface area (TPSA) is 42.7 Å². The van der Waals surface area contributed by atoms with Crippen molar-refractivity contribution in [2.75, 3.05) is 6.54 Å². The van der Waals surface area contributed by atoms with Crippen molar-refractivity contribution in [2.45, 2.75) is 6.54 Å². The molecule has 4 nitrogen and oxygen atoms in total. The molecule has 0 aromatic carbocycles. The Hall–Kier alpha value is -0.870. The Kier molecular flexibility index (Phi) is 3.25. The Morgan fingerprint density at radius 3 is 3.08 bits per heavy atom. The minimum atomic E-state index is 0.592. The normalized spacial score (nSPS) is 10.2. The fraction of sp³-hybridized carbons (Fsp3) is 0.429. The summed E-state index contributed by atoms with van der Waals surface area (Å²) in [6.07, 6.45) is 1.52. The highest BCUT2D eigenvalue weighted by Gasteiger charge is 1.98. The van der Waals surface area contributed by atoms with Crippen LogP contribution in [0.4, 0.5) is 0 Å². The van der Waals surface area contributed by atoms with Gasteiger partial charge in [0.15, 0.2) is 0 Å². The van der Waals surface area contributed by atoms with Gasteiger partial charge >= 0.3 is 0 Å². The van der Waals surface area contributed by atoms with Gasteiger partial charge < -0.3 is 5.32 Å². The van der Waals surface area contributed by atoms with Gasteiger partial charge in [0.2, 0.25) is 0 Å². The van der Waals surface area contributed by atoms with Crippen LogP contribution in [0.5, 0.6) is 0 Å². The Balaban J connectivity index is 2.33. The molecule has 5 heteroatoms. The second-order valence-corrected chi connectivity index (χ2v) is 2.96. The molecule has 0 saturated heterocycles. The Morgan fingerprint density at radius 2 is 2.58 bits per heavy atom. The molecule has 1 N–H and O–H groups in total. The molecule has 0 spiro atoms. The molecule has 0 unspecified atom stereocenters. The van der Waals surface area contributed by atoms with Crippen molar-refractivity contribution >= 4 is 11.6 Å². The van der Waals surface area contributed by atoms with Gasteiger partial charge in [0.05, 0.1) is 6.54 Å². The molecule has 1 heterocycles. The molecular weight excluding hydrogens is 176 g/mol. The Labute approximate surface area is 76.2 Å². The molecule has 1 rings (SSSR count). The Bertz CT molecular complexity index is 268. The largest absolute Gasteiger partial charge is 0.305 e. The maximum absolute atomic E-state index is 5.56. The van der Waals surface area contributed by atoms with E-state index in [4.69, 9.17) is 11.6 Å². The molecule has 1 aromatic rings. The molecule has 0 amide bonds. The van der Waals surface area contributed by atoms with Gasteiger partial charge in [0, 0.05) is 18.6 Å². The number of nitrogens with zero attached hydrogens (tertiary/aromatic N) is 3. The predicted octanol–water partition coefficient (Wildman–Crippen LogP) is 0.657. The van der Waals surface area contributed by atoms with Crippen LogP contribution in [0.3, 0.4) is 0 Å². The van der Waals surface area contributed by atoms with E-state index in [0.29, 0.717) is 18.1 Å². The fourth-order valence-corrected chi connectivity index (χ4v) is 0.885. The molecular formula is C7H11ClN4. The van der Waals surface area contributed by atoms with Crippen LogP contribution in [0.1, 0.15) is 5.82 Å². The van der Waals surface area contributed by atoms with Gasteiger partial charge in [0.25, 0.3) is 0 Å². The highest BCUT2D eigenvalue weighted by molar-refractivity contribution is 6.29. The van der Waals surface area contributed by atoms with Crippen molar-refractivity contribution in [3.63, 3.8) is 0 Å². The number of aromatic nitrogens is 3. The summed E-state index contributed by atoms with van der Waals surface area (Å²) in [5.41, 5.74) is 0. The maximum Gasteiger partial charge on any atom is 0.140 e. The molecule has 0 fully saturated rings. The van der Waals surface area contributed by atoms with Crippen molar-refractivity contribution in [2.24, 2.45) is 7.05 Å². The lowest BCUT2D eigenvalue weighted by atomic mass is 10.5. The molecule has 0 aliphatic heterocycles. The lowest BCUT2D eigenvalue weighted by Crippen LogP contribution is -2.17. The van der Waals surface area contributed by atoms with Crippen molar-refractivity contribution < 1.29 is 0 Å². The van der Waals surface area contributed by atoms with E-state index in [-0.39, 0.29) is 0 Å². The van der Waals surface area contributed by atoms with E-state index in [9.17, 15) is 0 Å². The zero-order valence-corrected chi connectivity index (χ0v) is 7.67. The van der Waals surface area contributed by atoms with Crippen LogP contribution >= 0.6 is 11.6 Å². The molecule has 0 radical (unpaired) electrons. The van der Waals surface area contributed by atoms with Gasteiger partial charge in [-0.15, -0.1) is 0 Å². The molecule has 1 aromatic heterocycles. The summed E-state index contributed by atoms with van der Waals surface area (Å²) >= 11 is 5.56. The van der Waals surface area contributed by atoms with E-state index in [1.807, 2.05) is 7.05 Å². The van der Waals surface area contributed by atoms with E-state index < -0.39 is 0 Å². The van der Waals surface area contributed by atoms with E-state index in [0.717, 1.165) is 5.82 Å². The van der Waals surface area contributed by atoms with Gasteiger partial charge in [-0.2, -0.15) is 5.10 Å². The molecule has 66 valence electrons. The number of hydrogen-bond donors (Lipinski definition) is 1. The number of aryl methyl sites for hydroxylation is 1. The van der Waals surface area contributed by atoms with E-state index in [2.05, 4.69) is 22.0 Å². The van der Waals surface area contributed by atoms with Crippen molar-refractivity contribution in [1.29, 1.82) is 0 Å². The number of nitrogens with one attached hydrogen (secondary N) is 1.